The van der Waals surface area contributed by atoms with Gasteiger partial charge < -0.3 is 9.57 Å². The van der Waals surface area contributed by atoms with Crippen molar-refractivity contribution in [2.45, 2.75) is 0 Å². The Labute approximate surface area is 130 Å². The minimum Gasteiger partial charge on any atom is -0.494 e. The van der Waals surface area contributed by atoms with E-state index in [4.69, 9.17) is 9.57 Å². The van der Waals surface area contributed by atoms with Crippen molar-refractivity contribution >= 4 is 17.8 Å². The molecule has 0 fully saturated rings. The molecule has 0 bridgehead atoms. The predicted molar refractivity (Wildman–Crippen MR) is 75.3 cm³/mol. The van der Waals surface area contributed by atoms with Gasteiger partial charge in [0.25, 0.3) is 11.8 Å². The topological polar surface area (TPSA) is 72.9 Å². The van der Waals surface area contributed by atoms with Gasteiger partial charge in [0.15, 0.2) is 11.6 Å². The Bertz CT molecular complexity index is 798. The summed E-state index contributed by atoms with van der Waals surface area (Å²) < 4.78 is 18.4. The highest BCUT2D eigenvalue weighted by Crippen LogP contribution is 2.24. The summed E-state index contributed by atoms with van der Waals surface area (Å²) in [6.07, 6.45) is 0. The van der Waals surface area contributed by atoms with Crippen LogP contribution in [0.3, 0.4) is 0 Å². The second kappa shape index (κ2) is 5.53. The van der Waals surface area contributed by atoms with Gasteiger partial charge in [-0.15, -0.1) is 0 Å². The number of rotatable bonds is 3. The Hall–Kier alpha value is -3.22. The second-order valence-corrected chi connectivity index (χ2v) is 4.68. The van der Waals surface area contributed by atoms with E-state index >= 15 is 0 Å². The number of nitrogens with zero attached hydrogens (tertiary/aromatic N) is 1. The molecule has 2 amide bonds. The average Bonchev–Trinajstić information content (AvgIpc) is 2.80. The first-order valence-corrected chi connectivity index (χ1v) is 6.56. The van der Waals surface area contributed by atoms with Crippen LogP contribution in [0.5, 0.6) is 5.75 Å². The summed E-state index contributed by atoms with van der Waals surface area (Å²) in [7, 11) is 1.29. The zero-order valence-electron chi connectivity index (χ0n) is 11.9. The van der Waals surface area contributed by atoms with Gasteiger partial charge in [-0.2, -0.15) is 0 Å². The third-order valence-corrected chi connectivity index (χ3v) is 3.32. The Morgan fingerprint density at radius 2 is 1.65 bits per heavy atom. The van der Waals surface area contributed by atoms with E-state index in [1.54, 1.807) is 12.1 Å². The number of imide groups is 1. The van der Waals surface area contributed by atoms with Gasteiger partial charge >= 0.3 is 5.97 Å². The van der Waals surface area contributed by atoms with E-state index < -0.39 is 23.6 Å². The minimum absolute atomic E-state index is 0.0396. The van der Waals surface area contributed by atoms with E-state index in [0.29, 0.717) is 5.06 Å². The lowest BCUT2D eigenvalue weighted by Crippen LogP contribution is -2.32. The first-order valence-electron chi connectivity index (χ1n) is 6.56. The van der Waals surface area contributed by atoms with Crippen molar-refractivity contribution in [1.29, 1.82) is 0 Å². The van der Waals surface area contributed by atoms with E-state index in [2.05, 4.69) is 0 Å². The maximum atomic E-state index is 13.6. The molecule has 0 saturated carbocycles. The first kappa shape index (κ1) is 14.7. The molecule has 3 rings (SSSR count). The van der Waals surface area contributed by atoms with Crippen LogP contribution < -0.4 is 4.74 Å². The molecule has 0 atom stereocenters. The second-order valence-electron chi connectivity index (χ2n) is 4.68. The number of fused-ring (bicyclic) bond motifs is 1. The fraction of sp³-hybridized carbons (Fsp3) is 0.0625. The Kier molecular flexibility index (Phi) is 3.53. The average molecular weight is 315 g/mol. The number of ether oxygens (including phenoxy) is 1. The molecule has 0 aliphatic carbocycles. The molecule has 0 unspecified atom stereocenters. The van der Waals surface area contributed by atoms with Crippen LogP contribution in [-0.4, -0.2) is 30.0 Å². The quantitative estimate of drug-likeness (QED) is 0.812. The molecule has 1 heterocycles. The molecule has 0 aromatic heterocycles. The number of hydrogen-bond acceptors (Lipinski definition) is 5. The number of carbonyl (C=O) groups excluding carboxylic acids is 3. The van der Waals surface area contributed by atoms with Gasteiger partial charge in [-0.25, -0.2) is 9.18 Å². The van der Waals surface area contributed by atoms with Crippen molar-refractivity contribution in [3.8, 4) is 5.75 Å². The number of hydroxylamine groups is 2. The SMILES string of the molecule is COc1ccc(C(=O)ON2C(=O)c3ccccc3C2=O)cc1F. The van der Waals surface area contributed by atoms with Gasteiger partial charge in [-0.1, -0.05) is 17.2 Å². The molecule has 2 aromatic carbocycles. The molecule has 2 aromatic rings. The summed E-state index contributed by atoms with van der Waals surface area (Å²) in [4.78, 5) is 41.0. The maximum absolute atomic E-state index is 13.6. The Morgan fingerprint density at radius 3 is 2.17 bits per heavy atom. The summed E-state index contributed by atoms with van der Waals surface area (Å²) in [5.74, 6) is -3.31. The number of benzene rings is 2. The lowest BCUT2D eigenvalue weighted by atomic mass is 10.1. The van der Waals surface area contributed by atoms with Crippen molar-refractivity contribution in [2.24, 2.45) is 0 Å². The minimum atomic E-state index is -1.03. The van der Waals surface area contributed by atoms with Crippen LogP contribution in [0.25, 0.3) is 0 Å². The summed E-state index contributed by atoms with van der Waals surface area (Å²) in [6.45, 7) is 0. The third kappa shape index (κ3) is 2.42. The molecule has 7 heteroatoms. The highest BCUT2D eigenvalue weighted by molar-refractivity contribution is 6.21. The number of hydrogen-bond donors (Lipinski definition) is 0. The molecule has 116 valence electrons. The number of amides is 2. The molecule has 0 radical (unpaired) electrons. The maximum Gasteiger partial charge on any atom is 0.364 e. The molecular formula is C16H10FNO5. The zero-order chi connectivity index (χ0) is 16.6. The number of halogens is 1. The van der Waals surface area contributed by atoms with Crippen molar-refractivity contribution in [3.05, 3.63) is 65.0 Å². The third-order valence-electron chi connectivity index (χ3n) is 3.32. The van der Waals surface area contributed by atoms with Gasteiger partial charge in [0.1, 0.15) is 0 Å². The van der Waals surface area contributed by atoms with Crippen LogP contribution >= 0.6 is 0 Å². The standard InChI is InChI=1S/C16H10FNO5/c1-22-13-7-6-9(8-12(13)17)16(21)23-18-14(19)10-4-2-3-5-11(10)15(18)20/h2-8H,1H3. The van der Waals surface area contributed by atoms with Crippen LogP contribution in [0, 0.1) is 5.82 Å². The van der Waals surface area contributed by atoms with E-state index in [1.807, 2.05) is 0 Å². The van der Waals surface area contributed by atoms with E-state index in [0.717, 1.165) is 6.07 Å². The number of methoxy groups -OCH3 is 1. The predicted octanol–water partition coefficient (Wildman–Crippen LogP) is 2.20. The normalized spacial score (nSPS) is 13.0. The van der Waals surface area contributed by atoms with Crippen LogP contribution in [0.1, 0.15) is 31.1 Å². The van der Waals surface area contributed by atoms with Crippen LogP contribution in [0.15, 0.2) is 42.5 Å². The zero-order valence-corrected chi connectivity index (χ0v) is 11.9. The van der Waals surface area contributed by atoms with Crippen molar-refractivity contribution in [2.75, 3.05) is 7.11 Å². The summed E-state index contributed by atoms with van der Waals surface area (Å²) in [5.41, 5.74) is 0.136. The van der Waals surface area contributed by atoms with Crippen molar-refractivity contribution in [1.82, 2.24) is 5.06 Å². The summed E-state index contributed by atoms with van der Waals surface area (Å²) in [5, 5.41) is 0.370. The van der Waals surface area contributed by atoms with Crippen LogP contribution in [0.4, 0.5) is 4.39 Å². The Balaban J connectivity index is 1.83. The fourth-order valence-corrected chi connectivity index (χ4v) is 2.18. The molecule has 0 spiro atoms. The molecular weight excluding hydrogens is 305 g/mol. The monoisotopic (exact) mass is 315 g/mol. The highest BCUT2D eigenvalue weighted by Gasteiger charge is 2.38. The Morgan fingerprint density at radius 1 is 1.04 bits per heavy atom. The van der Waals surface area contributed by atoms with Gasteiger partial charge in [0.2, 0.25) is 0 Å². The molecule has 1 aliphatic heterocycles. The van der Waals surface area contributed by atoms with Gasteiger partial charge in [0.05, 0.1) is 23.8 Å². The van der Waals surface area contributed by atoms with E-state index in [1.165, 1.54) is 31.4 Å². The highest BCUT2D eigenvalue weighted by atomic mass is 19.1. The van der Waals surface area contributed by atoms with E-state index in [9.17, 15) is 18.8 Å². The van der Waals surface area contributed by atoms with Gasteiger partial charge in [0, 0.05) is 0 Å². The molecule has 1 aliphatic rings. The van der Waals surface area contributed by atoms with Gasteiger partial charge in [-0.05, 0) is 30.3 Å². The van der Waals surface area contributed by atoms with E-state index in [-0.39, 0.29) is 22.4 Å². The lowest BCUT2D eigenvalue weighted by Gasteiger charge is -2.13. The molecule has 6 nitrogen and oxygen atoms in total. The lowest BCUT2D eigenvalue weighted by molar-refractivity contribution is -0.0584. The fourth-order valence-electron chi connectivity index (χ4n) is 2.18. The largest absolute Gasteiger partial charge is 0.494 e. The van der Waals surface area contributed by atoms with Gasteiger partial charge in [-0.3, -0.25) is 9.59 Å². The smallest absolute Gasteiger partial charge is 0.364 e. The van der Waals surface area contributed by atoms with Crippen molar-refractivity contribution in [3.63, 3.8) is 0 Å². The summed E-state index contributed by atoms with van der Waals surface area (Å²) in [6, 6.07) is 9.51. The number of carbonyl (C=O) groups is 3. The first-order chi connectivity index (χ1) is 11.0. The molecule has 23 heavy (non-hydrogen) atoms. The van der Waals surface area contributed by atoms with Crippen molar-refractivity contribution < 1.29 is 28.3 Å². The molecule has 0 N–H and O–H groups in total. The molecule has 0 saturated heterocycles. The van der Waals surface area contributed by atoms with Crippen LogP contribution in [0.2, 0.25) is 0 Å². The van der Waals surface area contributed by atoms with Crippen LogP contribution in [-0.2, 0) is 4.84 Å². The summed E-state index contributed by atoms with van der Waals surface area (Å²) >= 11 is 0.